The molecule has 1 aliphatic rings. The standard InChI is InChI=1S/C23H34N4O3/c1-14(24)20-18(11-23(4,5)12-19(20)29)27-15-6-7-16(21(25)30)17(10-15)26-13-22(2,3)8-9-28/h6-7,10,26,28H,8-9,11-13,24H2,1-5H3,(H2,25,30). The molecule has 0 saturated heterocycles. The van der Waals surface area contributed by atoms with Crippen LogP contribution in [0, 0.1) is 10.8 Å². The molecule has 1 amide bonds. The first kappa shape index (κ1) is 23.6. The number of amides is 1. The number of primary amides is 1. The third-order valence-corrected chi connectivity index (χ3v) is 5.33. The van der Waals surface area contributed by atoms with Crippen molar-refractivity contribution in [2.45, 2.75) is 53.9 Å². The number of nitrogens with one attached hydrogen (secondary N) is 1. The van der Waals surface area contributed by atoms with Crippen LogP contribution in [0.4, 0.5) is 11.4 Å². The summed E-state index contributed by atoms with van der Waals surface area (Å²) in [7, 11) is 0. The van der Waals surface area contributed by atoms with Gasteiger partial charge in [0.25, 0.3) is 5.91 Å². The number of benzene rings is 1. The maximum atomic E-state index is 12.6. The molecule has 0 heterocycles. The number of carbonyl (C=O) groups is 2. The van der Waals surface area contributed by atoms with Gasteiger partial charge >= 0.3 is 0 Å². The molecule has 0 bridgehead atoms. The summed E-state index contributed by atoms with van der Waals surface area (Å²) in [6, 6.07) is 5.11. The molecule has 1 saturated carbocycles. The predicted molar refractivity (Wildman–Crippen MR) is 121 cm³/mol. The minimum Gasteiger partial charge on any atom is -0.402 e. The zero-order valence-corrected chi connectivity index (χ0v) is 18.6. The first-order valence-electron chi connectivity index (χ1n) is 10.2. The fraction of sp³-hybridized carbons (Fsp3) is 0.522. The van der Waals surface area contributed by atoms with Crippen LogP contribution in [0.1, 0.15) is 64.2 Å². The molecule has 1 aromatic carbocycles. The Balaban J connectivity index is 2.45. The molecule has 1 aromatic rings. The van der Waals surface area contributed by atoms with Gasteiger partial charge in [-0.25, -0.2) is 0 Å². The molecule has 0 spiro atoms. The van der Waals surface area contributed by atoms with Gasteiger partial charge in [-0.3, -0.25) is 14.6 Å². The van der Waals surface area contributed by atoms with Crippen molar-refractivity contribution in [2.75, 3.05) is 18.5 Å². The van der Waals surface area contributed by atoms with E-state index in [-0.39, 0.29) is 23.2 Å². The Morgan fingerprint density at radius 3 is 2.50 bits per heavy atom. The third-order valence-electron chi connectivity index (χ3n) is 5.33. The van der Waals surface area contributed by atoms with Crippen molar-refractivity contribution in [1.82, 2.24) is 0 Å². The first-order chi connectivity index (χ1) is 13.8. The van der Waals surface area contributed by atoms with E-state index >= 15 is 0 Å². The predicted octanol–water partition coefficient (Wildman–Crippen LogP) is 3.30. The van der Waals surface area contributed by atoms with E-state index in [2.05, 4.69) is 5.32 Å². The van der Waals surface area contributed by atoms with Gasteiger partial charge in [0.05, 0.1) is 22.5 Å². The quantitative estimate of drug-likeness (QED) is 0.509. The summed E-state index contributed by atoms with van der Waals surface area (Å²) in [4.78, 5) is 29.2. The molecule has 0 radical (unpaired) electrons. The Hall–Kier alpha value is -2.67. The molecule has 0 aromatic heterocycles. The molecule has 1 fully saturated rings. The lowest BCUT2D eigenvalue weighted by Gasteiger charge is -2.31. The average molecular weight is 415 g/mol. The van der Waals surface area contributed by atoms with E-state index in [9.17, 15) is 14.7 Å². The first-order valence-corrected chi connectivity index (χ1v) is 10.2. The lowest BCUT2D eigenvalue weighted by atomic mass is 9.73. The van der Waals surface area contributed by atoms with Crippen LogP contribution in [0.5, 0.6) is 0 Å². The summed E-state index contributed by atoms with van der Waals surface area (Å²) in [5, 5.41) is 12.5. The second-order valence-corrected chi connectivity index (χ2v) is 9.64. The van der Waals surface area contributed by atoms with Gasteiger partial charge in [0.1, 0.15) is 0 Å². The number of aliphatic hydroxyl groups is 1. The minimum absolute atomic E-state index is 0.00265. The highest BCUT2D eigenvalue weighted by Gasteiger charge is 2.35. The topological polar surface area (TPSA) is 131 Å². The van der Waals surface area contributed by atoms with E-state index in [4.69, 9.17) is 16.5 Å². The fourth-order valence-electron chi connectivity index (χ4n) is 3.68. The van der Waals surface area contributed by atoms with E-state index in [1.54, 1.807) is 25.1 Å². The Bertz CT molecular complexity index is 894. The number of rotatable bonds is 7. The van der Waals surface area contributed by atoms with Crippen molar-refractivity contribution in [3.05, 3.63) is 35.0 Å². The van der Waals surface area contributed by atoms with Gasteiger partial charge in [0, 0.05) is 31.0 Å². The molecule has 0 aliphatic heterocycles. The number of hydrogen-bond donors (Lipinski definition) is 4. The number of ketones is 1. The second-order valence-electron chi connectivity index (χ2n) is 9.64. The number of anilines is 1. The van der Waals surface area contributed by atoms with Gasteiger partial charge < -0.3 is 21.9 Å². The van der Waals surface area contributed by atoms with E-state index < -0.39 is 5.91 Å². The maximum absolute atomic E-state index is 12.6. The zero-order valence-electron chi connectivity index (χ0n) is 18.6. The minimum atomic E-state index is -0.538. The fourth-order valence-corrected chi connectivity index (χ4v) is 3.68. The summed E-state index contributed by atoms with van der Waals surface area (Å²) in [6.07, 6.45) is 1.69. The molecule has 7 heteroatoms. The molecule has 0 atom stereocenters. The van der Waals surface area contributed by atoms with Crippen LogP contribution in [0.3, 0.4) is 0 Å². The molecule has 30 heavy (non-hydrogen) atoms. The Morgan fingerprint density at radius 2 is 1.93 bits per heavy atom. The lowest BCUT2D eigenvalue weighted by Crippen LogP contribution is -2.33. The number of aliphatic imine (C=N–C) groups is 1. The Labute approximate surface area is 178 Å². The number of aliphatic hydroxyl groups excluding tert-OH is 1. The molecular weight excluding hydrogens is 380 g/mol. The average Bonchev–Trinajstić information content (AvgIpc) is 2.58. The normalized spacial score (nSPS) is 19.7. The monoisotopic (exact) mass is 414 g/mol. The van der Waals surface area contributed by atoms with Crippen molar-refractivity contribution in [1.29, 1.82) is 0 Å². The van der Waals surface area contributed by atoms with E-state index in [0.29, 0.717) is 59.7 Å². The van der Waals surface area contributed by atoms with Gasteiger partial charge in [-0.1, -0.05) is 27.7 Å². The highest BCUT2D eigenvalue weighted by molar-refractivity contribution is 6.25. The largest absolute Gasteiger partial charge is 0.402 e. The molecule has 1 aliphatic carbocycles. The number of carbonyl (C=O) groups excluding carboxylic acids is 2. The maximum Gasteiger partial charge on any atom is 0.250 e. The van der Waals surface area contributed by atoms with Gasteiger partial charge in [-0.15, -0.1) is 0 Å². The van der Waals surface area contributed by atoms with Gasteiger partial charge in [-0.2, -0.15) is 0 Å². The summed E-state index contributed by atoms with van der Waals surface area (Å²) >= 11 is 0. The van der Waals surface area contributed by atoms with Gasteiger partial charge in [0.15, 0.2) is 5.78 Å². The molecule has 2 rings (SSSR count). The number of nitrogens with zero attached hydrogens (tertiary/aromatic N) is 1. The molecule has 164 valence electrons. The number of nitrogens with two attached hydrogens (primary N) is 2. The van der Waals surface area contributed by atoms with Crippen molar-refractivity contribution in [3.8, 4) is 0 Å². The van der Waals surface area contributed by atoms with Crippen LogP contribution in [0.2, 0.25) is 0 Å². The van der Waals surface area contributed by atoms with Crippen molar-refractivity contribution < 1.29 is 14.7 Å². The highest BCUT2D eigenvalue weighted by Crippen LogP contribution is 2.36. The van der Waals surface area contributed by atoms with Gasteiger partial charge in [0.2, 0.25) is 0 Å². The summed E-state index contributed by atoms with van der Waals surface area (Å²) in [5.74, 6) is -0.535. The van der Waals surface area contributed by atoms with E-state index in [1.165, 1.54) is 0 Å². The summed E-state index contributed by atoms with van der Waals surface area (Å²) < 4.78 is 0. The third kappa shape index (κ3) is 5.92. The van der Waals surface area contributed by atoms with Crippen LogP contribution in [0.15, 0.2) is 34.5 Å². The SMILES string of the molecule is CC(N)=C1C(=O)CC(C)(C)CC1=Nc1ccc(C(N)=O)c(NCC(C)(C)CCO)c1. The molecular formula is C23H34N4O3. The van der Waals surface area contributed by atoms with Crippen molar-refractivity contribution in [2.24, 2.45) is 27.3 Å². The zero-order chi connectivity index (χ0) is 22.7. The summed E-state index contributed by atoms with van der Waals surface area (Å²) in [6.45, 7) is 10.5. The van der Waals surface area contributed by atoms with Crippen molar-refractivity contribution in [3.63, 3.8) is 0 Å². The lowest BCUT2D eigenvalue weighted by molar-refractivity contribution is -0.117. The molecule has 6 N–H and O–H groups in total. The van der Waals surface area contributed by atoms with E-state index in [1.807, 2.05) is 27.7 Å². The van der Waals surface area contributed by atoms with E-state index in [0.717, 1.165) is 0 Å². The van der Waals surface area contributed by atoms with Crippen LogP contribution >= 0.6 is 0 Å². The second kappa shape index (κ2) is 9.00. The van der Waals surface area contributed by atoms with Crippen LogP contribution in [-0.4, -0.2) is 35.7 Å². The van der Waals surface area contributed by atoms with Crippen LogP contribution in [0.25, 0.3) is 0 Å². The number of hydrogen-bond acceptors (Lipinski definition) is 6. The van der Waals surface area contributed by atoms with Gasteiger partial charge in [-0.05, 0) is 48.8 Å². The van der Waals surface area contributed by atoms with Crippen LogP contribution < -0.4 is 16.8 Å². The smallest absolute Gasteiger partial charge is 0.250 e. The molecule has 7 nitrogen and oxygen atoms in total. The Morgan fingerprint density at radius 1 is 1.27 bits per heavy atom. The van der Waals surface area contributed by atoms with Crippen LogP contribution in [-0.2, 0) is 4.79 Å². The number of allylic oxidation sites excluding steroid dienone is 2. The number of Topliss-reactive ketones (excluding diaryl/α,β-unsaturated/α-hetero) is 1. The molecule has 0 unspecified atom stereocenters. The Kier molecular flexibility index (Phi) is 7.08. The highest BCUT2D eigenvalue weighted by atomic mass is 16.3. The van der Waals surface area contributed by atoms with Crippen molar-refractivity contribution >= 4 is 28.8 Å². The summed E-state index contributed by atoms with van der Waals surface area (Å²) in [5.41, 5.74) is 14.3.